The molecule has 188 valence electrons. The van der Waals surface area contributed by atoms with E-state index in [4.69, 9.17) is 0 Å². The smallest absolute Gasteiger partial charge is 0.321 e. The van der Waals surface area contributed by atoms with Crippen molar-refractivity contribution in [2.75, 3.05) is 38.5 Å². The van der Waals surface area contributed by atoms with Crippen molar-refractivity contribution in [1.29, 1.82) is 0 Å². The van der Waals surface area contributed by atoms with Crippen LogP contribution in [0.2, 0.25) is 0 Å². The van der Waals surface area contributed by atoms with Gasteiger partial charge in [-0.1, -0.05) is 24.3 Å². The van der Waals surface area contributed by atoms with Crippen LogP contribution in [0.25, 0.3) is 11.1 Å². The molecular formula is C28H27F4N3O. The van der Waals surface area contributed by atoms with Crippen molar-refractivity contribution >= 4 is 11.7 Å². The van der Waals surface area contributed by atoms with Gasteiger partial charge in [0.15, 0.2) is 0 Å². The lowest BCUT2D eigenvalue weighted by atomic mass is 9.70. The number of likely N-dealkylation sites (tertiary alicyclic amines) is 2. The minimum atomic E-state index is -0.751. The number of urea groups is 1. The van der Waals surface area contributed by atoms with Crippen LogP contribution in [0.15, 0.2) is 54.6 Å². The summed E-state index contributed by atoms with van der Waals surface area (Å²) in [6.45, 7) is 4.10. The van der Waals surface area contributed by atoms with Crippen molar-refractivity contribution in [2.24, 2.45) is 11.8 Å². The third-order valence-corrected chi connectivity index (χ3v) is 7.27. The number of amides is 2. The number of hydrogen-bond acceptors (Lipinski definition) is 2. The maximum absolute atomic E-state index is 14.5. The van der Waals surface area contributed by atoms with Crippen LogP contribution < -0.4 is 5.32 Å². The van der Waals surface area contributed by atoms with E-state index in [1.165, 1.54) is 19.1 Å². The van der Waals surface area contributed by atoms with E-state index >= 15 is 0 Å². The molecule has 2 heterocycles. The molecule has 3 aromatic rings. The van der Waals surface area contributed by atoms with Gasteiger partial charge in [-0.25, -0.2) is 22.4 Å². The van der Waals surface area contributed by atoms with Gasteiger partial charge >= 0.3 is 6.03 Å². The molecule has 3 aromatic carbocycles. The Balaban J connectivity index is 1.34. The fourth-order valence-corrected chi connectivity index (χ4v) is 5.76. The number of carbonyl (C=O) groups excluding carboxylic acids is 1. The maximum Gasteiger partial charge on any atom is 0.321 e. The summed E-state index contributed by atoms with van der Waals surface area (Å²) in [5.41, 5.74) is 2.28. The highest BCUT2D eigenvalue weighted by Gasteiger charge is 2.43. The monoisotopic (exact) mass is 497 g/mol. The molecule has 5 rings (SSSR count). The van der Waals surface area contributed by atoms with E-state index in [-0.39, 0.29) is 40.6 Å². The molecule has 2 bridgehead atoms. The summed E-state index contributed by atoms with van der Waals surface area (Å²) in [6, 6.07) is 12.6. The van der Waals surface area contributed by atoms with E-state index in [2.05, 4.69) is 17.3 Å². The van der Waals surface area contributed by atoms with Gasteiger partial charge in [0.05, 0.1) is 0 Å². The first kappa shape index (κ1) is 24.3. The number of rotatable bonds is 3. The van der Waals surface area contributed by atoms with Crippen LogP contribution in [-0.4, -0.2) is 49.1 Å². The molecule has 2 saturated heterocycles. The Hall–Kier alpha value is -3.39. The molecule has 2 unspecified atom stereocenters. The number of aryl methyl sites for hydroxylation is 1. The molecule has 4 nitrogen and oxygen atoms in total. The van der Waals surface area contributed by atoms with E-state index in [9.17, 15) is 22.4 Å². The number of piperidine rings is 2. The predicted octanol–water partition coefficient (Wildman–Crippen LogP) is 6.03. The van der Waals surface area contributed by atoms with E-state index in [0.717, 1.165) is 36.9 Å². The first-order valence-electron chi connectivity index (χ1n) is 11.9. The van der Waals surface area contributed by atoms with Gasteiger partial charge in [-0.3, -0.25) is 0 Å². The van der Waals surface area contributed by atoms with Crippen LogP contribution in [0, 0.1) is 42.0 Å². The summed E-state index contributed by atoms with van der Waals surface area (Å²) >= 11 is 0. The third kappa shape index (κ3) is 4.82. The first-order chi connectivity index (χ1) is 17.2. The highest BCUT2D eigenvalue weighted by atomic mass is 19.1. The summed E-state index contributed by atoms with van der Waals surface area (Å²) in [7, 11) is 2.05. The lowest BCUT2D eigenvalue weighted by Crippen LogP contribution is -2.57. The molecule has 8 heteroatoms. The molecule has 2 amide bonds. The molecule has 36 heavy (non-hydrogen) atoms. The Morgan fingerprint density at radius 1 is 0.833 bits per heavy atom. The van der Waals surface area contributed by atoms with Crippen LogP contribution in [-0.2, 0) is 0 Å². The number of benzene rings is 3. The second-order valence-corrected chi connectivity index (χ2v) is 9.96. The Morgan fingerprint density at radius 3 is 2.06 bits per heavy atom. The van der Waals surface area contributed by atoms with Crippen molar-refractivity contribution in [3.63, 3.8) is 0 Å². The fraction of sp³-hybridized carbons (Fsp3) is 0.321. The van der Waals surface area contributed by atoms with Gasteiger partial charge in [0.2, 0.25) is 0 Å². The maximum atomic E-state index is 14.5. The Bertz CT molecular complexity index is 1260. The number of anilines is 1. The van der Waals surface area contributed by atoms with Gasteiger partial charge in [-0.05, 0) is 72.7 Å². The van der Waals surface area contributed by atoms with E-state index in [0.29, 0.717) is 18.7 Å². The van der Waals surface area contributed by atoms with Gasteiger partial charge in [0, 0.05) is 43.5 Å². The Morgan fingerprint density at radius 2 is 1.44 bits per heavy atom. The summed E-state index contributed by atoms with van der Waals surface area (Å²) in [5, 5.41) is 2.62. The number of carbonyl (C=O) groups is 1. The zero-order valence-corrected chi connectivity index (χ0v) is 20.1. The molecule has 0 radical (unpaired) electrons. The zero-order valence-electron chi connectivity index (χ0n) is 20.1. The lowest BCUT2D eigenvalue weighted by molar-refractivity contribution is 0.0402. The Labute approximate surface area is 207 Å². The third-order valence-electron chi connectivity index (χ3n) is 7.27. The molecule has 0 saturated carbocycles. The van der Waals surface area contributed by atoms with Crippen LogP contribution >= 0.6 is 0 Å². The van der Waals surface area contributed by atoms with Crippen molar-refractivity contribution < 1.29 is 22.4 Å². The molecule has 1 N–H and O–H groups in total. The predicted molar refractivity (Wildman–Crippen MR) is 131 cm³/mol. The van der Waals surface area contributed by atoms with Gasteiger partial charge in [0.25, 0.3) is 0 Å². The zero-order chi connectivity index (χ0) is 25.6. The summed E-state index contributed by atoms with van der Waals surface area (Å²) < 4.78 is 55.6. The molecular weight excluding hydrogens is 470 g/mol. The van der Waals surface area contributed by atoms with Crippen LogP contribution in [0.4, 0.5) is 28.0 Å². The summed E-state index contributed by atoms with van der Waals surface area (Å²) in [5.74, 6) is -1.91. The second-order valence-electron chi connectivity index (χ2n) is 9.96. The van der Waals surface area contributed by atoms with Crippen LogP contribution in [0.1, 0.15) is 17.0 Å². The van der Waals surface area contributed by atoms with Crippen LogP contribution in [0.5, 0.6) is 0 Å². The largest absolute Gasteiger partial charge is 0.324 e. The minimum absolute atomic E-state index is 0.0808. The van der Waals surface area contributed by atoms with Crippen molar-refractivity contribution in [3.8, 4) is 11.1 Å². The molecule has 2 aliphatic rings. The normalized spacial score (nSPS) is 21.9. The average Bonchev–Trinajstić information content (AvgIpc) is 2.80. The van der Waals surface area contributed by atoms with E-state index in [1.807, 2.05) is 24.3 Å². The fourth-order valence-electron chi connectivity index (χ4n) is 5.76. The number of nitrogens with one attached hydrogen (secondary N) is 1. The topological polar surface area (TPSA) is 35.6 Å². The quantitative estimate of drug-likeness (QED) is 0.449. The Kier molecular flexibility index (Phi) is 6.47. The molecule has 2 fully saturated rings. The highest BCUT2D eigenvalue weighted by Crippen LogP contribution is 2.42. The molecule has 2 aliphatic heterocycles. The summed E-state index contributed by atoms with van der Waals surface area (Å²) in [6.07, 6.45) is 0. The highest BCUT2D eigenvalue weighted by molar-refractivity contribution is 5.89. The van der Waals surface area contributed by atoms with Gasteiger partial charge in [-0.2, -0.15) is 0 Å². The van der Waals surface area contributed by atoms with Gasteiger partial charge < -0.3 is 15.1 Å². The van der Waals surface area contributed by atoms with Gasteiger partial charge in [-0.15, -0.1) is 0 Å². The number of halogens is 4. The molecule has 0 spiro atoms. The summed E-state index contributed by atoms with van der Waals surface area (Å²) in [4.78, 5) is 16.9. The van der Waals surface area contributed by atoms with Gasteiger partial charge in [0.1, 0.15) is 23.3 Å². The SMILES string of the molecule is Cc1cc(F)c(-c2ccc(C3C4CN(C)CC3CN(C(=O)Nc3cc(F)cc(F)c3)C4)cc2)cc1F. The van der Waals surface area contributed by atoms with E-state index < -0.39 is 23.3 Å². The molecule has 2 atom stereocenters. The van der Waals surface area contributed by atoms with E-state index in [1.54, 1.807) is 4.90 Å². The number of hydrogen-bond donors (Lipinski definition) is 1. The number of fused-ring (bicyclic) bond motifs is 2. The number of nitrogens with zero attached hydrogens (tertiary/aromatic N) is 2. The second kappa shape index (κ2) is 9.58. The standard InChI is InChI=1S/C28H27F4N3O/c1-16-7-26(32)24(11-25(16)31)17-3-5-18(6-4-17)27-19-12-34(2)13-20(27)15-35(14-19)28(36)33-23-9-21(29)8-22(30)10-23/h3-11,19-20,27H,12-15H2,1-2H3,(H,33,36). The van der Waals surface area contributed by atoms with Crippen molar-refractivity contribution in [1.82, 2.24) is 9.80 Å². The molecule has 0 aromatic heterocycles. The lowest BCUT2D eigenvalue weighted by Gasteiger charge is -2.50. The average molecular weight is 498 g/mol. The molecule has 0 aliphatic carbocycles. The van der Waals surface area contributed by atoms with Crippen molar-refractivity contribution in [2.45, 2.75) is 12.8 Å². The first-order valence-corrected chi connectivity index (χ1v) is 11.9. The minimum Gasteiger partial charge on any atom is -0.324 e. The van der Waals surface area contributed by atoms with Crippen molar-refractivity contribution in [3.05, 3.63) is 89.0 Å². The van der Waals surface area contributed by atoms with Crippen LogP contribution in [0.3, 0.4) is 0 Å².